The van der Waals surface area contributed by atoms with Crippen molar-refractivity contribution in [2.45, 2.75) is 31.4 Å². The largest absolute Gasteiger partial charge is 0.393 e. The lowest BCUT2D eigenvalue weighted by molar-refractivity contribution is 0.182. The molecular formula is C15H17N5OS. The third kappa shape index (κ3) is 2.42. The molecule has 0 spiro atoms. The van der Waals surface area contributed by atoms with Crippen LogP contribution < -0.4 is 11.1 Å². The molecule has 1 fully saturated rings. The molecule has 0 aromatic carbocycles. The van der Waals surface area contributed by atoms with Crippen molar-refractivity contribution >= 4 is 33.1 Å². The number of hydrogen-bond donors (Lipinski definition) is 4. The molecule has 1 saturated carbocycles. The number of rotatable bonds is 3. The number of aromatic amines is 1. The predicted molar refractivity (Wildman–Crippen MR) is 88.9 cm³/mol. The van der Waals surface area contributed by atoms with Gasteiger partial charge in [0, 0.05) is 18.3 Å². The molecule has 6 nitrogen and oxygen atoms in total. The van der Waals surface area contributed by atoms with E-state index in [1.165, 1.54) is 0 Å². The number of H-pyrrole nitrogens is 1. The van der Waals surface area contributed by atoms with Gasteiger partial charge in [-0.15, -0.1) is 11.3 Å². The second kappa shape index (κ2) is 5.26. The van der Waals surface area contributed by atoms with Gasteiger partial charge in [0.05, 0.1) is 32.6 Å². The van der Waals surface area contributed by atoms with Gasteiger partial charge in [0.15, 0.2) is 0 Å². The highest BCUT2D eigenvalue weighted by Crippen LogP contribution is 2.38. The second-order valence-electron chi connectivity index (χ2n) is 5.70. The van der Waals surface area contributed by atoms with Gasteiger partial charge in [0.1, 0.15) is 5.82 Å². The number of thiophene rings is 1. The van der Waals surface area contributed by atoms with Crippen LogP contribution in [-0.2, 0) is 0 Å². The summed E-state index contributed by atoms with van der Waals surface area (Å²) >= 11 is 1.66. The highest BCUT2D eigenvalue weighted by atomic mass is 32.1. The Morgan fingerprint density at radius 3 is 3.00 bits per heavy atom. The van der Waals surface area contributed by atoms with Crippen LogP contribution in [0.4, 0.5) is 11.5 Å². The van der Waals surface area contributed by atoms with E-state index < -0.39 is 0 Å². The smallest absolute Gasteiger partial charge is 0.126 e. The van der Waals surface area contributed by atoms with Crippen LogP contribution in [0, 0.1) is 0 Å². The average Bonchev–Trinajstić information content (AvgIpc) is 3.18. The third-order valence-corrected chi connectivity index (χ3v) is 5.22. The summed E-state index contributed by atoms with van der Waals surface area (Å²) in [5, 5.41) is 20.2. The lowest BCUT2D eigenvalue weighted by Crippen LogP contribution is -2.16. The first kappa shape index (κ1) is 13.5. The Morgan fingerprint density at radius 1 is 1.36 bits per heavy atom. The lowest BCUT2D eigenvalue weighted by Gasteiger charge is -2.14. The van der Waals surface area contributed by atoms with E-state index in [-0.39, 0.29) is 12.1 Å². The summed E-state index contributed by atoms with van der Waals surface area (Å²) in [6.07, 6.45) is 4.15. The first-order chi connectivity index (χ1) is 10.7. The zero-order valence-corrected chi connectivity index (χ0v) is 12.7. The highest BCUT2D eigenvalue weighted by molar-refractivity contribution is 7.22. The second-order valence-corrected chi connectivity index (χ2v) is 6.75. The maximum Gasteiger partial charge on any atom is 0.126 e. The van der Waals surface area contributed by atoms with Gasteiger partial charge in [-0.3, -0.25) is 5.10 Å². The van der Waals surface area contributed by atoms with Gasteiger partial charge in [0.25, 0.3) is 0 Å². The summed E-state index contributed by atoms with van der Waals surface area (Å²) in [6.45, 7) is 0. The summed E-state index contributed by atoms with van der Waals surface area (Å²) in [5.41, 5.74) is 8.80. The van der Waals surface area contributed by atoms with E-state index in [2.05, 4.69) is 20.5 Å². The maximum atomic E-state index is 9.69. The van der Waals surface area contributed by atoms with Crippen molar-refractivity contribution in [2.75, 3.05) is 11.1 Å². The first-order valence-electron chi connectivity index (χ1n) is 7.33. The lowest BCUT2D eigenvalue weighted by atomic mass is 10.2. The van der Waals surface area contributed by atoms with E-state index in [0.717, 1.165) is 45.7 Å². The van der Waals surface area contributed by atoms with Crippen molar-refractivity contribution in [1.29, 1.82) is 0 Å². The molecule has 3 aromatic heterocycles. The molecule has 5 N–H and O–H groups in total. The van der Waals surface area contributed by atoms with Crippen LogP contribution in [0.2, 0.25) is 0 Å². The maximum absolute atomic E-state index is 9.69. The molecule has 1 aliphatic carbocycles. The number of fused-ring (bicyclic) bond motifs is 1. The third-order valence-electron chi connectivity index (χ3n) is 4.03. The van der Waals surface area contributed by atoms with Crippen LogP contribution in [0.15, 0.2) is 24.4 Å². The molecule has 0 unspecified atom stereocenters. The van der Waals surface area contributed by atoms with Crippen molar-refractivity contribution in [3.63, 3.8) is 0 Å². The predicted octanol–water partition coefficient (Wildman–Crippen LogP) is 2.59. The van der Waals surface area contributed by atoms with Crippen molar-refractivity contribution < 1.29 is 5.11 Å². The molecular weight excluding hydrogens is 298 g/mol. The summed E-state index contributed by atoms with van der Waals surface area (Å²) < 4.78 is 1.08. The van der Waals surface area contributed by atoms with Gasteiger partial charge in [-0.25, -0.2) is 4.98 Å². The van der Waals surface area contributed by atoms with Crippen molar-refractivity contribution in [3.05, 3.63) is 24.4 Å². The average molecular weight is 315 g/mol. The van der Waals surface area contributed by atoms with Crippen LogP contribution in [0.1, 0.15) is 19.3 Å². The summed E-state index contributed by atoms with van der Waals surface area (Å²) in [6, 6.07) is 6.13. The molecule has 0 amide bonds. The Bertz CT molecular complexity index is 798. The molecule has 0 saturated heterocycles. The minimum absolute atomic E-state index is 0.198. The van der Waals surface area contributed by atoms with Gasteiger partial charge in [-0.1, -0.05) is 0 Å². The van der Waals surface area contributed by atoms with Gasteiger partial charge >= 0.3 is 0 Å². The van der Waals surface area contributed by atoms with Gasteiger partial charge in [0.2, 0.25) is 0 Å². The van der Waals surface area contributed by atoms with Gasteiger partial charge in [-0.2, -0.15) is 5.10 Å². The fourth-order valence-electron chi connectivity index (χ4n) is 2.98. The molecule has 2 atom stereocenters. The number of aromatic nitrogens is 3. The van der Waals surface area contributed by atoms with Crippen molar-refractivity contribution in [3.8, 4) is 10.6 Å². The molecule has 22 heavy (non-hydrogen) atoms. The topological polar surface area (TPSA) is 99.9 Å². The number of aliphatic hydroxyl groups is 1. The summed E-state index contributed by atoms with van der Waals surface area (Å²) in [7, 11) is 0. The molecule has 7 heteroatoms. The van der Waals surface area contributed by atoms with E-state index in [1.807, 2.05) is 18.2 Å². The normalized spacial score (nSPS) is 21.5. The number of nitrogens with zero attached hydrogens (tertiary/aromatic N) is 2. The number of hydrogen-bond acceptors (Lipinski definition) is 6. The molecule has 0 bridgehead atoms. The van der Waals surface area contributed by atoms with Crippen molar-refractivity contribution in [2.24, 2.45) is 0 Å². The Labute approximate surface area is 131 Å². The Balaban J connectivity index is 1.73. The first-order valence-corrected chi connectivity index (χ1v) is 8.15. The molecule has 3 heterocycles. The fourth-order valence-corrected chi connectivity index (χ4v) is 4.04. The Kier molecular flexibility index (Phi) is 3.24. The monoisotopic (exact) mass is 315 g/mol. The van der Waals surface area contributed by atoms with Crippen molar-refractivity contribution in [1.82, 2.24) is 15.2 Å². The molecule has 0 radical (unpaired) electrons. The quantitative estimate of drug-likeness (QED) is 0.595. The number of anilines is 2. The van der Waals surface area contributed by atoms with Crippen LogP contribution >= 0.6 is 11.3 Å². The zero-order chi connectivity index (χ0) is 15.1. The number of nitrogen functional groups attached to an aromatic ring is 1. The zero-order valence-electron chi connectivity index (χ0n) is 11.9. The minimum Gasteiger partial charge on any atom is -0.393 e. The number of pyridine rings is 1. The van der Waals surface area contributed by atoms with E-state index in [9.17, 15) is 5.11 Å². The summed E-state index contributed by atoms with van der Waals surface area (Å²) in [5.74, 6) is 0.502. The van der Waals surface area contributed by atoms with E-state index in [1.54, 1.807) is 17.5 Å². The summed E-state index contributed by atoms with van der Waals surface area (Å²) in [4.78, 5) is 5.50. The van der Waals surface area contributed by atoms with E-state index in [4.69, 9.17) is 5.73 Å². The standard InChI is InChI=1S/C15H17N5OS/c16-14-7-12(18-8-1-2-9(21)5-8)15-11(19-14)6-13(22-15)10-3-4-17-20-10/h3-4,6-9,21H,1-2,5H2,(H,17,20)(H3,16,18,19)/t8-,9-/m0/s1. The highest BCUT2D eigenvalue weighted by Gasteiger charge is 2.23. The number of nitrogens with one attached hydrogen (secondary N) is 2. The van der Waals surface area contributed by atoms with Gasteiger partial charge in [-0.05, 0) is 31.4 Å². The van der Waals surface area contributed by atoms with Crippen LogP contribution in [-0.4, -0.2) is 32.4 Å². The number of nitrogens with two attached hydrogens (primary N) is 1. The van der Waals surface area contributed by atoms with Crippen LogP contribution in [0.25, 0.3) is 20.8 Å². The van der Waals surface area contributed by atoms with E-state index in [0.29, 0.717) is 5.82 Å². The van der Waals surface area contributed by atoms with Gasteiger partial charge < -0.3 is 16.2 Å². The SMILES string of the molecule is Nc1cc(N[C@H]2CC[C@H](O)C2)c2sc(-c3ccn[nH]3)cc2n1. The fraction of sp³-hybridized carbons (Fsp3) is 0.333. The van der Waals surface area contributed by atoms with Crippen LogP contribution in [0.3, 0.4) is 0 Å². The molecule has 4 rings (SSSR count). The number of aliphatic hydroxyl groups excluding tert-OH is 1. The molecule has 0 aliphatic heterocycles. The Hall–Kier alpha value is -2.12. The Morgan fingerprint density at radius 2 is 2.27 bits per heavy atom. The van der Waals surface area contributed by atoms with Crippen LogP contribution in [0.5, 0.6) is 0 Å². The molecule has 3 aromatic rings. The molecule has 1 aliphatic rings. The van der Waals surface area contributed by atoms with E-state index >= 15 is 0 Å². The minimum atomic E-state index is -0.198. The molecule has 114 valence electrons.